The Morgan fingerprint density at radius 3 is 2.66 bits per heavy atom. The molecule has 0 unspecified atom stereocenters. The lowest BCUT2D eigenvalue weighted by Crippen LogP contribution is -2.18. The second-order valence-corrected chi connectivity index (χ2v) is 7.19. The molecule has 2 aromatic carbocycles. The van der Waals surface area contributed by atoms with Gasteiger partial charge in [0.2, 0.25) is 0 Å². The van der Waals surface area contributed by atoms with Crippen LogP contribution in [0.4, 0.5) is 5.69 Å². The molecule has 29 heavy (non-hydrogen) atoms. The molecule has 0 atom stereocenters. The molecule has 0 saturated carbocycles. The van der Waals surface area contributed by atoms with Crippen LogP contribution in [0.5, 0.6) is 0 Å². The van der Waals surface area contributed by atoms with Gasteiger partial charge in [0.1, 0.15) is 5.56 Å². The van der Waals surface area contributed by atoms with Crippen LogP contribution in [0.3, 0.4) is 0 Å². The fourth-order valence-electron chi connectivity index (χ4n) is 3.47. The van der Waals surface area contributed by atoms with E-state index in [1.54, 1.807) is 6.20 Å². The molecular weight excluding hydrogens is 362 g/mol. The zero-order valence-corrected chi connectivity index (χ0v) is 17.4. The minimum Gasteiger partial charge on any atom is -0.462 e. The average molecular weight is 392 g/mol. The summed E-state index contributed by atoms with van der Waals surface area (Å²) < 4.78 is 5.24. The number of pyridine rings is 1. The summed E-state index contributed by atoms with van der Waals surface area (Å²) >= 11 is 0. The largest absolute Gasteiger partial charge is 0.462 e. The summed E-state index contributed by atoms with van der Waals surface area (Å²) in [6.45, 7) is 8.74. The number of anilines is 1. The van der Waals surface area contributed by atoms with Crippen molar-refractivity contribution in [2.24, 2.45) is 0 Å². The molecule has 3 aromatic rings. The number of hydrogen-bond acceptors (Lipinski definition) is 5. The van der Waals surface area contributed by atoms with Crippen molar-refractivity contribution < 1.29 is 9.53 Å². The maximum absolute atomic E-state index is 12.5. The lowest BCUT2D eigenvalue weighted by molar-refractivity contribution is 0.0527. The molecule has 0 amide bonds. The molecule has 5 heteroatoms. The third-order valence-corrected chi connectivity index (χ3v) is 4.81. The van der Waals surface area contributed by atoms with Gasteiger partial charge in [-0.2, -0.15) is 0 Å². The monoisotopic (exact) mass is 391 g/mol. The number of rotatable bonds is 9. The summed E-state index contributed by atoms with van der Waals surface area (Å²) in [7, 11) is 0. The Balaban J connectivity index is 1.70. The fraction of sp³-hybridized carbons (Fsp3) is 0.333. The van der Waals surface area contributed by atoms with Crippen molar-refractivity contribution in [3.8, 4) is 0 Å². The van der Waals surface area contributed by atoms with Crippen LogP contribution in [0.15, 0.2) is 48.7 Å². The predicted octanol–water partition coefficient (Wildman–Crippen LogP) is 4.62. The highest BCUT2D eigenvalue weighted by molar-refractivity contribution is 6.05. The molecule has 1 aromatic heterocycles. The molecule has 0 aliphatic heterocycles. The molecule has 1 heterocycles. The van der Waals surface area contributed by atoms with Crippen molar-refractivity contribution in [3.63, 3.8) is 0 Å². The van der Waals surface area contributed by atoms with Crippen molar-refractivity contribution in [2.45, 2.75) is 33.7 Å². The van der Waals surface area contributed by atoms with E-state index in [1.807, 2.05) is 32.0 Å². The number of esters is 1. The van der Waals surface area contributed by atoms with Gasteiger partial charge in [-0.15, -0.1) is 0 Å². The van der Waals surface area contributed by atoms with Crippen LogP contribution in [0.1, 0.15) is 40.4 Å². The average Bonchev–Trinajstić information content (AvgIpc) is 2.71. The number of hydrogen-bond donors (Lipinski definition) is 2. The molecule has 152 valence electrons. The molecular formula is C24H29N3O2. The number of benzene rings is 2. The first kappa shape index (κ1) is 20.8. The quantitative estimate of drug-likeness (QED) is 0.412. The Morgan fingerprint density at radius 1 is 1.10 bits per heavy atom. The number of carbonyl (C=O) groups excluding carboxylic acids is 1. The lowest BCUT2D eigenvalue weighted by Gasteiger charge is -2.16. The van der Waals surface area contributed by atoms with Crippen molar-refractivity contribution >= 4 is 22.6 Å². The van der Waals surface area contributed by atoms with E-state index in [0.29, 0.717) is 12.2 Å². The van der Waals surface area contributed by atoms with E-state index in [0.717, 1.165) is 53.8 Å². The number of fused-ring (bicyclic) bond motifs is 1. The molecule has 0 saturated heterocycles. The minimum absolute atomic E-state index is 0.340. The fourth-order valence-corrected chi connectivity index (χ4v) is 3.47. The van der Waals surface area contributed by atoms with Crippen LogP contribution in [0.25, 0.3) is 10.9 Å². The predicted molar refractivity (Wildman–Crippen MR) is 118 cm³/mol. The summed E-state index contributed by atoms with van der Waals surface area (Å²) in [4.78, 5) is 17.0. The minimum atomic E-state index is -0.342. The first-order valence-electron chi connectivity index (χ1n) is 10.2. The van der Waals surface area contributed by atoms with Crippen molar-refractivity contribution in [1.82, 2.24) is 10.3 Å². The van der Waals surface area contributed by atoms with E-state index in [9.17, 15) is 4.79 Å². The summed E-state index contributed by atoms with van der Waals surface area (Å²) in [5, 5.41) is 7.89. The number of carbonyl (C=O) groups is 1. The second kappa shape index (κ2) is 10.0. The van der Waals surface area contributed by atoms with E-state index in [2.05, 4.69) is 46.8 Å². The molecule has 0 aliphatic carbocycles. The van der Waals surface area contributed by atoms with E-state index in [4.69, 9.17) is 4.74 Å². The van der Waals surface area contributed by atoms with E-state index in [1.165, 1.54) is 5.56 Å². The van der Waals surface area contributed by atoms with Crippen LogP contribution in [0.2, 0.25) is 0 Å². The van der Waals surface area contributed by atoms with Crippen LogP contribution < -0.4 is 10.6 Å². The van der Waals surface area contributed by atoms with Crippen LogP contribution in [-0.2, 0) is 11.3 Å². The Kier molecular flexibility index (Phi) is 7.19. The Labute approximate surface area is 172 Å². The van der Waals surface area contributed by atoms with Crippen LogP contribution in [0, 0.1) is 13.8 Å². The van der Waals surface area contributed by atoms with Gasteiger partial charge >= 0.3 is 5.97 Å². The highest BCUT2D eigenvalue weighted by atomic mass is 16.5. The lowest BCUT2D eigenvalue weighted by atomic mass is 10.0. The smallest absolute Gasteiger partial charge is 0.341 e. The summed E-state index contributed by atoms with van der Waals surface area (Å²) in [6.07, 6.45) is 2.56. The summed E-state index contributed by atoms with van der Waals surface area (Å²) in [5.74, 6) is -0.342. The first-order chi connectivity index (χ1) is 14.1. The Bertz CT molecular complexity index is 971. The third kappa shape index (κ3) is 5.33. The van der Waals surface area contributed by atoms with Crippen molar-refractivity contribution in [3.05, 3.63) is 70.9 Å². The van der Waals surface area contributed by atoms with Crippen LogP contribution >= 0.6 is 0 Å². The zero-order valence-electron chi connectivity index (χ0n) is 17.4. The molecule has 2 N–H and O–H groups in total. The number of aryl methyl sites for hydroxylation is 2. The Hall–Kier alpha value is -2.92. The molecule has 5 nitrogen and oxygen atoms in total. The second-order valence-electron chi connectivity index (χ2n) is 7.19. The molecule has 0 radical (unpaired) electrons. The number of nitrogens with one attached hydrogen (secondary N) is 2. The Morgan fingerprint density at radius 2 is 1.90 bits per heavy atom. The normalized spacial score (nSPS) is 10.9. The number of nitrogens with zero attached hydrogens (tertiary/aromatic N) is 1. The van der Waals surface area contributed by atoms with E-state index in [-0.39, 0.29) is 5.97 Å². The number of ether oxygens (including phenoxy) is 1. The molecule has 3 rings (SSSR count). The van der Waals surface area contributed by atoms with Gasteiger partial charge in [-0.05, 0) is 50.9 Å². The third-order valence-electron chi connectivity index (χ3n) is 4.81. The van der Waals surface area contributed by atoms with Gasteiger partial charge < -0.3 is 15.4 Å². The number of aromatic nitrogens is 1. The molecule has 0 spiro atoms. The van der Waals surface area contributed by atoms with Gasteiger partial charge in [-0.3, -0.25) is 4.98 Å². The standard InChI is InChI=1S/C24H29N3O2/c1-4-29-24(28)21-16-27-22-18(3)13-17(2)14-20(22)23(21)26-12-8-11-25-15-19-9-6-5-7-10-19/h5-7,9-10,13-14,16,25H,4,8,11-12,15H2,1-3H3,(H,26,27). The summed E-state index contributed by atoms with van der Waals surface area (Å²) in [6, 6.07) is 14.5. The van der Waals surface area contributed by atoms with Crippen molar-refractivity contribution in [1.29, 1.82) is 0 Å². The van der Waals surface area contributed by atoms with Crippen LogP contribution in [-0.4, -0.2) is 30.6 Å². The van der Waals surface area contributed by atoms with Gasteiger partial charge in [0.25, 0.3) is 0 Å². The molecule has 0 fully saturated rings. The maximum atomic E-state index is 12.5. The maximum Gasteiger partial charge on any atom is 0.341 e. The highest BCUT2D eigenvalue weighted by Crippen LogP contribution is 2.29. The summed E-state index contributed by atoms with van der Waals surface area (Å²) in [5.41, 5.74) is 5.72. The zero-order chi connectivity index (χ0) is 20.6. The SMILES string of the molecule is CCOC(=O)c1cnc2c(C)cc(C)cc2c1NCCCNCc1ccccc1. The van der Waals surface area contributed by atoms with Gasteiger partial charge in [-0.1, -0.05) is 42.0 Å². The van der Waals surface area contributed by atoms with Gasteiger partial charge in [0, 0.05) is 24.7 Å². The van der Waals surface area contributed by atoms with Gasteiger partial charge in [-0.25, -0.2) is 4.79 Å². The van der Waals surface area contributed by atoms with E-state index < -0.39 is 0 Å². The molecule has 0 bridgehead atoms. The molecule has 0 aliphatic rings. The van der Waals surface area contributed by atoms with Crippen molar-refractivity contribution in [2.75, 3.05) is 25.0 Å². The first-order valence-corrected chi connectivity index (χ1v) is 10.2. The van der Waals surface area contributed by atoms with Gasteiger partial charge in [0.05, 0.1) is 17.8 Å². The van der Waals surface area contributed by atoms with Gasteiger partial charge in [0.15, 0.2) is 0 Å². The van der Waals surface area contributed by atoms with E-state index >= 15 is 0 Å². The topological polar surface area (TPSA) is 63.2 Å². The highest BCUT2D eigenvalue weighted by Gasteiger charge is 2.17.